The topological polar surface area (TPSA) is 75.6 Å². The summed E-state index contributed by atoms with van der Waals surface area (Å²) in [6.07, 6.45) is 6.11. The molecule has 2 fully saturated rings. The van der Waals surface area contributed by atoms with Crippen molar-refractivity contribution < 1.29 is 18.9 Å². The Morgan fingerprint density at radius 3 is 1.47 bits per heavy atom. The number of aromatic nitrogens is 3. The third kappa shape index (κ3) is 6.24. The van der Waals surface area contributed by atoms with Crippen LogP contribution in [0.2, 0.25) is 0 Å². The zero-order chi connectivity index (χ0) is 23.0. The molecular formula is C27H31N3O4. The van der Waals surface area contributed by atoms with Gasteiger partial charge in [0.25, 0.3) is 0 Å². The maximum atomic E-state index is 5.90. The smallest absolute Gasteiger partial charge is 0.158 e. The predicted octanol–water partition coefficient (Wildman–Crippen LogP) is 5.29. The van der Waals surface area contributed by atoms with Gasteiger partial charge in [0.1, 0.15) is 0 Å². The van der Waals surface area contributed by atoms with Crippen LogP contribution >= 0.6 is 0 Å². The van der Waals surface area contributed by atoms with Crippen LogP contribution in [0, 0.1) is 0 Å². The van der Waals surface area contributed by atoms with Crippen LogP contribution in [0.15, 0.2) is 54.6 Å². The summed E-state index contributed by atoms with van der Waals surface area (Å²) in [7, 11) is 0. The highest BCUT2D eigenvalue weighted by molar-refractivity contribution is 5.61. The van der Waals surface area contributed by atoms with Gasteiger partial charge in [0, 0.05) is 13.2 Å². The van der Waals surface area contributed by atoms with Gasteiger partial charge in [-0.1, -0.05) is 18.2 Å². The van der Waals surface area contributed by atoms with Crippen molar-refractivity contribution in [2.24, 2.45) is 0 Å². The van der Waals surface area contributed by atoms with Crippen LogP contribution in [0.25, 0.3) is 22.8 Å². The van der Waals surface area contributed by atoms with Gasteiger partial charge in [0.2, 0.25) is 0 Å². The van der Waals surface area contributed by atoms with Crippen molar-refractivity contribution >= 4 is 0 Å². The first-order chi connectivity index (χ1) is 16.8. The normalized spacial score (nSPS) is 20.8. The maximum absolute atomic E-state index is 5.90. The number of hydrogen-bond donors (Lipinski definition) is 0. The van der Waals surface area contributed by atoms with E-state index in [-0.39, 0.29) is 12.6 Å². The summed E-state index contributed by atoms with van der Waals surface area (Å²) >= 11 is 0. The van der Waals surface area contributed by atoms with Gasteiger partial charge in [0.05, 0.1) is 47.4 Å². The number of hydrogen-bond acceptors (Lipinski definition) is 7. The molecule has 0 saturated carbocycles. The van der Waals surface area contributed by atoms with Crippen LogP contribution in [-0.2, 0) is 32.2 Å². The van der Waals surface area contributed by atoms with E-state index in [2.05, 4.69) is 0 Å². The summed E-state index contributed by atoms with van der Waals surface area (Å²) in [6.45, 7) is 2.38. The van der Waals surface area contributed by atoms with E-state index in [1.807, 2.05) is 54.6 Å². The second-order valence-corrected chi connectivity index (χ2v) is 8.65. The molecule has 0 amide bonds. The van der Waals surface area contributed by atoms with Gasteiger partial charge in [-0.25, -0.2) is 15.0 Å². The fourth-order valence-corrected chi connectivity index (χ4v) is 4.17. The third-order valence-corrected chi connectivity index (χ3v) is 6.00. The van der Waals surface area contributed by atoms with Crippen molar-refractivity contribution in [1.29, 1.82) is 0 Å². The fourth-order valence-electron chi connectivity index (χ4n) is 4.17. The summed E-state index contributed by atoms with van der Waals surface area (Å²) in [4.78, 5) is 14.4. The monoisotopic (exact) mass is 461 g/mol. The van der Waals surface area contributed by atoms with E-state index in [0.29, 0.717) is 13.2 Å². The second kappa shape index (κ2) is 11.6. The average Bonchev–Trinajstić information content (AvgIpc) is 2.92. The van der Waals surface area contributed by atoms with E-state index in [0.717, 1.165) is 85.9 Å². The molecule has 2 unspecified atom stereocenters. The largest absolute Gasteiger partial charge is 0.353 e. The van der Waals surface area contributed by atoms with Crippen LogP contribution in [0.3, 0.4) is 0 Å². The molecule has 2 aliphatic heterocycles. The number of nitrogens with zero attached hydrogens (tertiary/aromatic N) is 3. The molecular weight excluding hydrogens is 430 g/mol. The van der Waals surface area contributed by atoms with E-state index in [9.17, 15) is 0 Å². The van der Waals surface area contributed by atoms with Crippen molar-refractivity contribution in [2.75, 3.05) is 13.2 Å². The zero-order valence-electron chi connectivity index (χ0n) is 19.4. The highest BCUT2D eigenvalue weighted by atomic mass is 16.7. The van der Waals surface area contributed by atoms with E-state index >= 15 is 0 Å². The van der Waals surface area contributed by atoms with Crippen LogP contribution in [0.5, 0.6) is 0 Å². The SMILES string of the molecule is c1cc(COC2CCCCO2)nc(-c2cccc(-c3cccc(COC4CCCCO4)n3)n2)c1. The summed E-state index contributed by atoms with van der Waals surface area (Å²) in [5, 5.41) is 0. The minimum absolute atomic E-state index is 0.132. The number of pyridine rings is 3. The molecule has 0 N–H and O–H groups in total. The number of rotatable bonds is 8. The lowest BCUT2D eigenvalue weighted by Crippen LogP contribution is -2.22. The van der Waals surface area contributed by atoms with Crippen molar-refractivity contribution in [1.82, 2.24) is 15.0 Å². The van der Waals surface area contributed by atoms with E-state index in [1.54, 1.807) is 0 Å². The molecule has 3 aromatic heterocycles. The molecule has 2 aliphatic rings. The van der Waals surface area contributed by atoms with Crippen LogP contribution in [0.4, 0.5) is 0 Å². The minimum Gasteiger partial charge on any atom is -0.353 e. The molecule has 34 heavy (non-hydrogen) atoms. The molecule has 3 aromatic rings. The average molecular weight is 462 g/mol. The molecule has 5 rings (SSSR count). The third-order valence-electron chi connectivity index (χ3n) is 6.00. The van der Waals surface area contributed by atoms with Crippen molar-refractivity contribution in [2.45, 2.75) is 64.3 Å². The Hall–Kier alpha value is -2.71. The molecule has 7 heteroatoms. The molecule has 0 radical (unpaired) electrons. The Bertz CT molecular complexity index is 984. The molecule has 2 saturated heterocycles. The van der Waals surface area contributed by atoms with Gasteiger partial charge in [-0.05, 0) is 74.9 Å². The molecule has 7 nitrogen and oxygen atoms in total. The van der Waals surface area contributed by atoms with Crippen molar-refractivity contribution in [3.8, 4) is 22.8 Å². The standard InChI is InChI=1S/C27H31N3O4/c1-3-16-31-26(14-1)33-18-20-8-5-10-22(28-20)24-12-7-13-25(30-24)23-11-6-9-21(29-23)19-34-27-15-2-4-17-32-27/h5-13,26-27H,1-4,14-19H2. The maximum Gasteiger partial charge on any atom is 0.158 e. The highest BCUT2D eigenvalue weighted by Crippen LogP contribution is 2.22. The van der Waals surface area contributed by atoms with Crippen LogP contribution < -0.4 is 0 Å². The molecule has 2 atom stereocenters. The Morgan fingerprint density at radius 1 is 0.588 bits per heavy atom. The molecule has 0 spiro atoms. The summed E-state index contributed by atoms with van der Waals surface area (Å²) in [5.74, 6) is 0. The number of ether oxygens (including phenoxy) is 4. The Balaban J connectivity index is 1.26. The zero-order valence-corrected chi connectivity index (χ0v) is 19.4. The Kier molecular flexibility index (Phi) is 7.88. The molecule has 5 heterocycles. The first-order valence-corrected chi connectivity index (χ1v) is 12.2. The van der Waals surface area contributed by atoms with Crippen molar-refractivity contribution in [3.05, 3.63) is 66.0 Å². The Labute approximate surface area is 200 Å². The predicted molar refractivity (Wildman–Crippen MR) is 127 cm³/mol. The summed E-state index contributed by atoms with van der Waals surface area (Å²) in [5.41, 5.74) is 4.93. The lowest BCUT2D eigenvalue weighted by molar-refractivity contribution is -0.169. The van der Waals surface area contributed by atoms with Gasteiger partial charge in [-0.3, -0.25) is 0 Å². The van der Waals surface area contributed by atoms with E-state index < -0.39 is 0 Å². The van der Waals surface area contributed by atoms with Gasteiger partial charge < -0.3 is 18.9 Å². The fraction of sp³-hybridized carbons (Fsp3) is 0.444. The van der Waals surface area contributed by atoms with Crippen LogP contribution in [-0.4, -0.2) is 40.7 Å². The first kappa shape index (κ1) is 23.1. The van der Waals surface area contributed by atoms with Gasteiger partial charge in [-0.2, -0.15) is 0 Å². The Morgan fingerprint density at radius 2 is 1.03 bits per heavy atom. The van der Waals surface area contributed by atoms with E-state index in [4.69, 9.17) is 33.9 Å². The molecule has 178 valence electrons. The molecule has 0 bridgehead atoms. The van der Waals surface area contributed by atoms with Gasteiger partial charge in [-0.15, -0.1) is 0 Å². The first-order valence-electron chi connectivity index (χ1n) is 12.2. The summed E-state index contributed by atoms with van der Waals surface area (Å²) in [6, 6.07) is 17.8. The quantitative estimate of drug-likeness (QED) is 0.451. The van der Waals surface area contributed by atoms with Gasteiger partial charge in [0.15, 0.2) is 12.6 Å². The molecule has 0 aromatic carbocycles. The molecule has 0 aliphatic carbocycles. The van der Waals surface area contributed by atoms with Gasteiger partial charge >= 0.3 is 0 Å². The lowest BCUT2D eigenvalue weighted by atomic mass is 10.2. The minimum atomic E-state index is -0.132. The summed E-state index contributed by atoms with van der Waals surface area (Å²) < 4.78 is 23.1. The lowest BCUT2D eigenvalue weighted by Gasteiger charge is -2.22. The van der Waals surface area contributed by atoms with Crippen molar-refractivity contribution in [3.63, 3.8) is 0 Å². The van der Waals surface area contributed by atoms with E-state index in [1.165, 1.54) is 0 Å². The highest BCUT2D eigenvalue weighted by Gasteiger charge is 2.16. The van der Waals surface area contributed by atoms with Crippen LogP contribution in [0.1, 0.15) is 49.9 Å². The second-order valence-electron chi connectivity index (χ2n) is 8.65.